The van der Waals surface area contributed by atoms with E-state index in [4.69, 9.17) is 5.11 Å². The molecule has 1 atom stereocenters. The molecule has 0 aliphatic heterocycles. The zero-order chi connectivity index (χ0) is 13.0. The van der Waals surface area contributed by atoms with Crippen LogP contribution >= 0.6 is 0 Å². The lowest BCUT2D eigenvalue weighted by Crippen LogP contribution is -2.34. The molecule has 0 fully saturated rings. The van der Waals surface area contributed by atoms with Crippen molar-refractivity contribution in [3.8, 4) is 0 Å². The van der Waals surface area contributed by atoms with Crippen molar-refractivity contribution in [2.45, 2.75) is 19.9 Å². The van der Waals surface area contributed by atoms with Crippen LogP contribution in [0.1, 0.15) is 13.8 Å². The summed E-state index contributed by atoms with van der Waals surface area (Å²) in [4.78, 5) is 13.1. The van der Waals surface area contributed by atoms with E-state index in [1.807, 2.05) is 57.1 Å². The van der Waals surface area contributed by atoms with Crippen LogP contribution in [0, 0.1) is 5.92 Å². The molecule has 0 heterocycles. The fraction of sp³-hybridized carbons (Fsp3) is 0.462. The average Bonchev–Trinajstić information content (AvgIpc) is 2.25. The number of carbonyl (C=O) groups is 1. The van der Waals surface area contributed by atoms with E-state index in [1.54, 1.807) is 0 Å². The van der Waals surface area contributed by atoms with Gasteiger partial charge in [0.05, 0.1) is 11.4 Å². The molecule has 94 valence electrons. The van der Waals surface area contributed by atoms with E-state index in [-0.39, 0.29) is 5.92 Å². The molecule has 1 unspecified atom stereocenters. The van der Waals surface area contributed by atoms with E-state index in [0.717, 1.165) is 11.4 Å². The van der Waals surface area contributed by atoms with Gasteiger partial charge in [0.25, 0.3) is 0 Å². The zero-order valence-corrected chi connectivity index (χ0v) is 10.8. The third-order valence-corrected chi connectivity index (χ3v) is 2.63. The topological polar surface area (TPSA) is 52.6 Å². The summed E-state index contributed by atoms with van der Waals surface area (Å²) < 4.78 is 0. The highest BCUT2D eigenvalue weighted by molar-refractivity contribution is 5.80. The molecular formula is C13H20N2O2. The minimum atomic E-state index is -0.825. The monoisotopic (exact) mass is 236 g/mol. The first-order valence-electron chi connectivity index (χ1n) is 5.69. The van der Waals surface area contributed by atoms with Gasteiger partial charge in [0, 0.05) is 14.1 Å². The molecule has 0 aliphatic rings. The zero-order valence-electron chi connectivity index (χ0n) is 10.8. The number of hydrogen-bond acceptors (Lipinski definition) is 3. The fourth-order valence-electron chi connectivity index (χ4n) is 1.67. The van der Waals surface area contributed by atoms with Crippen LogP contribution in [0.4, 0.5) is 11.4 Å². The van der Waals surface area contributed by atoms with Crippen molar-refractivity contribution in [2.24, 2.45) is 5.92 Å². The first-order chi connectivity index (χ1) is 7.93. The van der Waals surface area contributed by atoms with Crippen LogP contribution in [0.3, 0.4) is 0 Å². The van der Waals surface area contributed by atoms with Crippen molar-refractivity contribution in [2.75, 3.05) is 24.3 Å². The molecule has 0 spiro atoms. The van der Waals surface area contributed by atoms with E-state index in [1.165, 1.54) is 0 Å². The van der Waals surface area contributed by atoms with Gasteiger partial charge in [-0.15, -0.1) is 0 Å². The van der Waals surface area contributed by atoms with E-state index in [2.05, 4.69) is 5.32 Å². The SMILES string of the molecule is CC(C)C(Nc1ccccc1N(C)C)C(=O)O. The van der Waals surface area contributed by atoms with Crippen molar-refractivity contribution in [1.29, 1.82) is 0 Å². The van der Waals surface area contributed by atoms with Crippen LogP contribution in [0.15, 0.2) is 24.3 Å². The van der Waals surface area contributed by atoms with Crippen LogP contribution in [0.2, 0.25) is 0 Å². The Kier molecular flexibility index (Phi) is 4.37. The molecule has 1 aromatic rings. The lowest BCUT2D eigenvalue weighted by Gasteiger charge is -2.23. The minimum absolute atomic E-state index is 0.0303. The first-order valence-corrected chi connectivity index (χ1v) is 5.69. The van der Waals surface area contributed by atoms with E-state index in [0.29, 0.717) is 0 Å². The number of benzene rings is 1. The molecule has 17 heavy (non-hydrogen) atoms. The van der Waals surface area contributed by atoms with Gasteiger partial charge >= 0.3 is 5.97 Å². The standard InChI is InChI=1S/C13H20N2O2/c1-9(2)12(13(16)17)14-10-7-5-6-8-11(10)15(3)4/h5-9,12,14H,1-4H3,(H,16,17). The summed E-state index contributed by atoms with van der Waals surface area (Å²) in [5.74, 6) is -0.795. The summed E-state index contributed by atoms with van der Waals surface area (Å²) in [5.41, 5.74) is 1.83. The summed E-state index contributed by atoms with van der Waals surface area (Å²) in [6, 6.07) is 7.12. The lowest BCUT2D eigenvalue weighted by atomic mass is 10.0. The maximum Gasteiger partial charge on any atom is 0.326 e. The van der Waals surface area contributed by atoms with Gasteiger partial charge < -0.3 is 15.3 Å². The van der Waals surface area contributed by atoms with E-state index >= 15 is 0 Å². The first kappa shape index (κ1) is 13.4. The highest BCUT2D eigenvalue weighted by atomic mass is 16.4. The molecule has 0 aromatic heterocycles. The second-order valence-electron chi connectivity index (χ2n) is 4.62. The molecule has 2 N–H and O–H groups in total. The van der Waals surface area contributed by atoms with Gasteiger partial charge in [-0.1, -0.05) is 26.0 Å². The Balaban J connectivity index is 2.97. The Morgan fingerprint density at radius 1 is 1.29 bits per heavy atom. The molecule has 0 radical (unpaired) electrons. The third kappa shape index (κ3) is 3.37. The third-order valence-electron chi connectivity index (χ3n) is 2.63. The van der Waals surface area contributed by atoms with Crippen LogP contribution < -0.4 is 10.2 Å². The normalized spacial score (nSPS) is 12.3. The molecule has 4 nitrogen and oxygen atoms in total. The molecule has 0 saturated carbocycles. The van der Waals surface area contributed by atoms with Crippen LogP contribution in [0.25, 0.3) is 0 Å². The fourth-order valence-corrected chi connectivity index (χ4v) is 1.67. The van der Waals surface area contributed by atoms with Crippen molar-refractivity contribution in [3.05, 3.63) is 24.3 Å². The van der Waals surface area contributed by atoms with Gasteiger partial charge in [0.2, 0.25) is 0 Å². The van der Waals surface area contributed by atoms with Gasteiger partial charge in [-0.3, -0.25) is 0 Å². The molecule has 0 bridgehead atoms. The van der Waals surface area contributed by atoms with Gasteiger partial charge in [-0.05, 0) is 18.1 Å². The molecule has 0 saturated heterocycles. The second kappa shape index (κ2) is 5.57. The Labute approximate surface area is 102 Å². The van der Waals surface area contributed by atoms with E-state index in [9.17, 15) is 4.79 Å². The molecule has 1 aromatic carbocycles. The van der Waals surface area contributed by atoms with Crippen molar-refractivity contribution in [1.82, 2.24) is 0 Å². The Morgan fingerprint density at radius 3 is 2.35 bits per heavy atom. The quantitative estimate of drug-likeness (QED) is 0.823. The second-order valence-corrected chi connectivity index (χ2v) is 4.62. The number of para-hydroxylation sites is 2. The van der Waals surface area contributed by atoms with Crippen molar-refractivity contribution < 1.29 is 9.90 Å². The van der Waals surface area contributed by atoms with E-state index < -0.39 is 12.0 Å². The molecule has 0 aliphatic carbocycles. The molecule has 0 amide bonds. The largest absolute Gasteiger partial charge is 0.480 e. The molecule has 1 rings (SSSR count). The summed E-state index contributed by atoms with van der Waals surface area (Å²) >= 11 is 0. The lowest BCUT2D eigenvalue weighted by molar-refractivity contribution is -0.138. The van der Waals surface area contributed by atoms with Crippen LogP contribution in [-0.4, -0.2) is 31.2 Å². The number of hydrogen-bond donors (Lipinski definition) is 2. The smallest absolute Gasteiger partial charge is 0.326 e. The van der Waals surface area contributed by atoms with Gasteiger partial charge in [0.15, 0.2) is 0 Å². The summed E-state index contributed by atoms with van der Waals surface area (Å²) in [5, 5.41) is 12.2. The van der Waals surface area contributed by atoms with Crippen LogP contribution in [-0.2, 0) is 4.79 Å². The highest BCUT2D eigenvalue weighted by Gasteiger charge is 2.22. The Hall–Kier alpha value is -1.71. The summed E-state index contributed by atoms with van der Waals surface area (Å²) in [7, 11) is 3.87. The maximum atomic E-state index is 11.2. The number of carboxylic acid groups (broad SMARTS) is 1. The number of carboxylic acids is 1. The summed E-state index contributed by atoms with van der Waals surface area (Å²) in [6.07, 6.45) is 0. The maximum absolute atomic E-state index is 11.2. The average molecular weight is 236 g/mol. The van der Waals surface area contributed by atoms with Gasteiger partial charge in [-0.25, -0.2) is 4.79 Å². The van der Waals surface area contributed by atoms with Gasteiger partial charge in [0.1, 0.15) is 6.04 Å². The molecular weight excluding hydrogens is 216 g/mol. The van der Waals surface area contributed by atoms with Gasteiger partial charge in [-0.2, -0.15) is 0 Å². The minimum Gasteiger partial charge on any atom is -0.480 e. The Morgan fingerprint density at radius 2 is 1.88 bits per heavy atom. The Bertz CT molecular complexity index is 389. The predicted molar refractivity (Wildman–Crippen MR) is 70.7 cm³/mol. The number of nitrogens with one attached hydrogen (secondary N) is 1. The number of rotatable bonds is 5. The van der Waals surface area contributed by atoms with Crippen molar-refractivity contribution >= 4 is 17.3 Å². The number of anilines is 2. The predicted octanol–water partition coefficient (Wildman–Crippen LogP) is 2.27. The number of nitrogens with zero attached hydrogens (tertiary/aromatic N) is 1. The molecule has 4 heteroatoms. The highest BCUT2D eigenvalue weighted by Crippen LogP contribution is 2.25. The van der Waals surface area contributed by atoms with Crippen LogP contribution in [0.5, 0.6) is 0 Å². The summed E-state index contributed by atoms with van der Waals surface area (Å²) in [6.45, 7) is 3.79. The van der Waals surface area contributed by atoms with Crippen molar-refractivity contribution in [3.63, 3.8) is 0 Å². The number of aliphatic carboxylic acids is 1.